The highest BCUT2D eigenvalue weighted by Crippen LogP contribution is 2.08. The largest absolute Gasteiger partial charge is 0.299 e. The van der Waals surface area contributed by atoms with Crippen molar-refractivity contribution in [3.8, 4) is 12.3 Å². The van der Waals surface area contributed by atoms with Gasteiger partial charge in [-0.25, -0.2) is 4.39 Å². The van der Waals surface area contributed by atoms with E-state index in [0.717, 1.165) is 13.0 Å². The molecule has 0 spiro atoms. The highest BCUT2D eigenvalue weighted by atomic mass is 19.1. The van der Waals surface area contributed by atoms with Gasteiger partial charge in [-0.15, -0.1) is 6.42 Å². The van der Waals surface area contributed by atoms with Crippen LogP contribution < -0.4 is 5.32 Å². The lowest BCUT2D eigenvalue weighted by molar-refractivity contribution is 0.596. The summed E-state index contributed by atoms with van der Waals surface area (Å²) >= 11 is 0. The van der Waals surface area contributed by atoms with Gasteiger partial charge in [-0.2, -0.15) is 0 Å². The molecule has 1 rings (SSSR count). The molecule has 0 aromatic carbocycles. The number of hydrogen-bond acceptors (Lipinski definition) is 2. The highest BCUT2D eigenvalue weighted by Gasteiger charge is 2.07. The van der Waals surface area contributed by atoms with E-state index in [2.05, 4.69) is 23.1 Å². The molecule has 1 heterocycles. The van der Waals surface area contributed by atoms with Crippen molar-refractivity contribution in [3.05, 3.63) is 29.8 Å². The molecule has 14 heavy (non-hydrogen) atoms. The lowest BCUT2D eigenvalue weighted by Gasteiger charge is -2.11. The fourth-order valence-electron chi connectivity index (χ4n) is 1.10. The summed E-state index contributed by atoms with van der Waals surface area (Å²) < 4.78 is 12.6. The topological polar surface area (TPSA) is 24.9 Å². The minimum absolute atomic E-state index is 0.226. The maximum absolute atomic E-state index is 12.6. The smallest absolute Gasteiger partial charge is 0.141 e. The molecule has 74 valence electrons. The summed E-state index contributed by atoms with van der Waals surface area (Å²) in [6.45, 7) is 2.88. The second kappa shape index (κ2) is 5.36. The predicted octanol–water partition coefficient (Wildman–Crippen LogP) is 1.89. The molecule has 1 aromatic rings. The van der Waals surface area contributed by atoms with Gasteiger partial charge >= 0.3 is 0 Å². The van der Waals surface area contributed by atoms with E-state index in [0.29, 0.717) is 5.69 Å². The van der Waals surface area contributed by atoms with Gasteiger partial charge in [0.15, 0.2) is 0 Å². The second-order valence-electron chi connectivity index (χ2n) is 2.96. The Bertz CT molecular complexity index is 313. The first-order chi connectivity index (χ1) is 6.77. The van der Waals surface area contributed by atoms with Gasteiger partial charge in [0.25, 0.3) is 0 Å². The van der Waals surface area contributed by atoms with Crippen LogP contribution in [0, 0.1) is 18.2 Å². The van der Waals surface area contributed by atoms with Crippen molar-refractivity contribution in [2.24, 2.45) is 0 Å². The Kier molecular flexibility index (Phi) is 4.09. The van der Waals surface area contributed by atoms with Crippen LogP contribution in [0.2, 0.25) is 0 Å². The zero-order valence-electron chi connectivity index (χ0n) is 8.13. The van der Waals surface area contributed by atoms with Gasteiger partial charge in [0.05, 0.1) is 11.9 Å². The minimum atomic E-state index is -0.347. The van der Waals surface area contributed by atoms with E-state index in [1.54, 1.807) is 6.07 Å². The summed E-state index contributed by atoms with van der Waals surface area (Å²) in [6.07, 6.45) is 7.51. The van der Waals surface area contributed by atoms with Crippen LogP contribution in [0.1, 0.15) is 25.1 Å². The van der Waals surface area contributed by atoms with Gasteiger partial charge in [-0.1, -0.05) is 12.8 Å². The maximum atomic E-state index is 12.6. The average molecular weight is 192 g/mol. The molecule has 0 aliphatic carbocycles. The number of terminal acetylenes is 1. The fourth-order valence-corrected chi connectivity index (χ4v) is 1.10. The molecule has 0 amide bonds. The van der Waals surface area contributed by atoms with Gasteiger partial charge in [0, 0.05) is 0 Å². The molecule has 2 nitrogen and oxygen atoms in total. The molecule has 0 fully saturated rings. The van der Waals surface area contributed by atoms with Crippen molar-refractivity contribution < 1.29 is 4.39 Å². The number of aromatic nitrogens is 1. The number of nitrogens with zero attached hydrogens (tertiary/aromatic N) is 1. The lowest BCUT2D eigenvalue weighted by atomic mass is 10.2. The number of nitrogens with one attached hydrogen (secondary N) is 1. The zero-order valence-corrected chi connectivity index (χ0v) is 8.13. The second-order valence-corrected chi connectivity index (χ2v) is 2.96. The summed E-state index contributed by atoms with van der Waals surface area (Å²) in [4.78, 5) is 3.92. The molecule has 1 unspecified atom stereocenters. The summed E-state index contributed by atoms with van der Waals surface area (Å²) in [7, 11) is 0. The first kappa shape index (κ1) is 10.7. The molecule has 0 bridgehead atoms. The predicted molar refractivity (Wildman–Crippen MR) is 54.1 cm³/mol. The zero-order chi connectivity index (χ0) is 10.4. The van der Waals surface area contributed by atoms with Crippen molar-refractivity contribution in [1.82, 2.24) is 10.3 Å². The third kappa shape index (κ3) is 2.82. The number of hydrogen-bond donors (Lipinski definition) is 1. The summed E-state index contributed by atoms with van der Waals surface area (Å²) in [6, 6.07) is 2.73. The molecule has 0 aliphatic heterocycles. The van der Waals surface area contributed by atoms with E-state index in [-0.39, 0.29) is 11.9 Å². The van der Waals surface area contributed by atoms with Gasteiger partial charge in [-0.05, 0) is 25.1 Å². The van der Waals surface area contributed by atoms with E-state index in [4.69, 9.17) is 6.42 Å². The molecule has 0 saturated heterocycles. The van der Waals surface area contributed by atoms with Crippen molar-refractivity contribution >= 4 is 0 Å². The number of rotatable bonds is 4. The summed E-state index contributed by atoms with van der Waals surface area (Å²) in [5.41, 5.74) is 0.683. The van der Waals surface area contributed by atoms with Crippen molar-refractivity contribution in [2.45, 2.75) is 19.4 Å². The normalized spacial score (nSPS) is 12.1. The van der Waals surface area contributed by atoms with Gasteiger partial charge in [-0.3, -0.25) is 10.3 Å². The van der Waals surface area contributed by atoms with Gasteiger partial charge in [0.2, 0.25) is 0 Å². The highest BCUT2D eigenvalue weighted by molar-refractivity contribution is 5.18. The van der Waals surface area contributed by atoms with Crippen LogP contribution in [0.4, 0.5) is 4.39 Å². The number of halogens is 1. The van der Waals surface area contributed by atoms with Crippen LogP contribution in [0.3, 0.4) is 0 Å². The van der Waals surface area contributed by atoms with Crippen molar-refractivity contribution in [3.63, 3.8) is 0 Å². The Balaban J connectivity index is 2.70. The Morgan fingerprint density at radius 1 is 1.64 bits per heavy atom. The first-order valence-electron chi connectivity index (χ1n) is 4.59. The van der Waals surface area contributed by atoms with Crippen molar-refractivity contribution in [2.75, 3.05) is 6.54 Å². The molecule has 0 aliphatic rings. The van der Waals surface area contributed by atoms with E-state index >= 15 is 0 Å². The third-order valence-corrected chi connectivity index (χ3v) is 1.81. The average Bonchev–Trinajstić information content (AvgIpc) is 2.21. The Labute approximate surface area is 83.6 Å². The fraction of sp³-hybridized carbons (Fsp3) is 0.364. The van der Waals surface area contributed by atoms with E-state index in [1.165, 1.54) is 12.3 Å². The lowest BCUT2D eigenvalue weighted by Crippen LogP contribution is -2.21. The van der Waals surface area contributed by atoms with E-state index < -0.39 is 0 Å². The molecule has 1 aromatic heterocycles. The molecular formula is C11H13FN2. The van der Waals surface area contributed by atoms with Crippen LogP contribution >= 0.6 is 0 Å². The van der Waals surface area contributed by atoms with Crippen LogP contribution in [-0.4, -0.2) is 11.5 Å². The van der Waals surface area contributed by atoms with Gasteiger partial charge in [0.1, 0.15) is 11.9 Å². The molecule has 3 heteroatoms. The van der Waals surface area contributed by atoms with Crippen LogP contribution in [-0.2, 0) is 0 Å². The standard InChI is InChI=1S/C11H13FN2/c1-3-7-13-10(4-2)11-6-5-9(12)8-14-11/h2,5-6,8,10,13H,3,7H2,1H3. The van der Waals surface area contributed by atoms with Crippen LogP contribution in [0.5, 0.6) is 0 Å². The Morgan fingerprint density at radius 2 is 2.43 bits per heavy atom. The third-order valence-electron chi connectivity index (χ3n) is 1.81. The van der Waals surface area contributed by atoms with E-state index in [9.17, 15) is 4.39 Å². The Hall–Kier alpha value is -1.40. The SMILES string of the molecule is C#CC(NCCC)c1ccc(F)cn1. The first-order valence-corrected chi connectivity index (χ1v) is 4.59. The molecular weight excluding hydrogens is 179 g/mol. The number of pyridine rings is 1. The van der Waals surface area contributed by atoms with E-state index in [1.807, 2.05) is 0 Å². The quantitative estimate of drug-likeness (QED) is 0.737. The minimum Gasteiger partial charge on any atom is -0.299 e. The maximum Gasteiger partial charge on any atom is 0.141 e. The molecule has 0 saturated carbocycles. The van der Waals surface area contributed by atoms with Crippen molar-refractivity contribution in [1.29, 1.82) is 0 Å². The van der Waals surface area contributed by atoms with Gasteiger partial charge < -0.3 is 0 Å². The van der Waals surface area contributed by atoms with Crippen LogP contribution in [0.15, 0.2) is 18.3 Å². The molecule has 0 radical (unpaired) electrons. The monoisotopic (exact) mass is 192 g/mol. The summed E-state index contributed by atoms with van der Waals surface area (Å²) in [5, 5.41) is 3.13. The Morgan fingerprint density at radius 3 is 2.93 bits per heavy atom. The molecule has 1 atom stereocenters. The molecule has 1 N–H and O–H groups in total. The summed E-state index contributed by atoms with van der Waals surface area (Å²) in [5.74, 6) is 2.23. The van der Waals surface area contributed by atoms with Crippen LogP contribution in [0.25, 0.3) is 0 Å².